The Morgan fingerprint density at radius 1 is 0.951 bits per heavy atom. The van der Waals surface area contributed by atoms with Crippen LogP contribution < -0.4 is 9.04 Å². The predicted octanol–water partition coefficient (Wildman–Crippen LogP) is 7.05. The molecule has 0 aliphatic rings. The Morgan fingerprint density at radius 2 is 1.63 bits per heavy atom. The SMILES string of the molecule is CCCCc1c(N(Cc2ccc(OC(F)(F)F)cc2)S(=O)(=O)c2ccc(C(=O)OCC)cc2)ncc2ccccc12. The minimum Gasteiger partial charge on any atom is -0.462 e. The van der Waals surface area contributed by atoms with Crippen LogP contribution >= 0.6 is 0 Å². The monoisotopic (exact) mass is 586 g/mol. The average molecular weight is 587 g/mol. The fraction of sp³-hybridized carbons (Fsp3) is 0.267. The number of fused-ring (bicyclic) bond motifs is 1. The Hall–Kier alpha value is -4.12. The fourth-order valence-corrected chi connectivity index (χ4v) is 5.81. The summed E-state index contributed by atoms with van der Waals surface area (Å²) in [6, 6.07) is 18.0. The van der Waals surface area contributed by atoms with E-state index in [1.54, 1.807) is 13.1 Å². The van der Waals surface area contributed by atoms with Crippen LogP contribution in [0.15, 0.2) is 83.9 Å². The van der Waals surface area contributed by atoms with Gasteiger partial charge in [0.05, 0.1) is 23.6 Å². The second-order valence-electron chi connectivity index (χ2n) is 9.20. The van der Waals surface area contributed by atoms with Crippen LogP contribution in [0.2, 0.25) is 0 Å². The van der Waals surface area contributed by atoms with Crippen molar-refractivity contribution in [2.24, 2.45) is 0 Å². The van der Waals surface area contributed by atoms with Gasteiger partial charge in [-0.05, 0) is 67.1 Å². The van der Waals surface area contributed by atoms with Gasteiger partial charge in [-0.1, -0.05) is 49.7 Å². The second kappa shape index (κ2) is 12.6. The standard InChI is InChI=1S/C30H29F3N2O5S/c1-3-5-9-27-26-10-7-6-8-23(26)19-34-28(27)35(20-21-11-15-24(16-12-21)40-30(31,32)33)41(37,38)25-17-13-22(14-18-25)29(36)39-4-2/h6-8,10-19H,3-5,9,20H2,1-2H3. The molecule has 7 nitrogen and oxygen atoms in total. The molecule has 0 aliphatic carbocycles. The number of aromatic nitrogens is 1. The van der Waals surface area contributed by atoms with E-state index in [0.717, 1.165) is 45.6 Å². The highest BCUT2D eigenvalue weighted by molar-refractivity contribution is 7.92. The number of nitrogens with zero attached hydrogens (tertiary/aromatic N) is 2. The lowest BCUT2D eigenvalue weighted by Gasteiger charge is -2.27. The number of hydrogen-bond acceptors (Lipinski definition) is 6. The Balaban J connectivity index is 1.82. The number of hydrogen-bond donors (Lipinski definition) is 0. The third-order valence-corrected chi connectivity index (χ3v) is 8.09. The molecule has 0 spiro atoms. The van der Waals surface area contributed by atoms with Gasteiger partial charge in [0, 0.05) is 17.1 Å². The molecule has 0 fully saturated rings. The van der Waals surface area contributed by atoms with Gasteiger partial charge in [0.15, 0.2) is 0 Å². The molecule has 0 N–H and O–H groups in total. The van der Waals surface area contributed by atoms with Gasteiger partial charge >= 0.3 is 12.3 Å². The number of benzene rings is 3. The van der Waals surface area contributed by atoms with Crippen molar-refractivity contribution in [3.05, 3.63) is 95.7 Å². The maximum absolute atomic E-state index is 14.2. The molecule has 216 valence electrons. The van der Waals surface area contributed by atoms with Crippen LogP contribution in [0.1, 0.15) is 48.2 Å². The van der Waals surface area contributed by atoms with Crippen LogP contribution in [-0.2, 0) is 27.7 Å². The van der Waals surface area contributed by atoms with Crippen molar-refractivity contribution in [3.63, 3.8) is 0 Å². The number of pyridine rings is 1. The average Bonchev–Trinajstić information content (AvgIpc) is 2.95. The lowest BCUT2D eigenvalue weighted by molar-refractivity contribution is -0.274. The quantitative estimate of drug-likeness (QED) is 0.175. The van der Waals surface area contributed by atoms with Crippen LogP contribution in [0.4, 0.5) is 19.0 Å². The van der Waals surface area contributed by atoms with Gasteiger partial charge < -0.3 is 9.47 Å². The van der Waals surface area contributed by atoms with Gasteiger partial charge in [0.2, 0.25) is 0 Å². The minimum absolute atomic E-state index is 0.0843. The van der Waals surface area contributed by atoms with Gasteiger partial charge in [0.1, 0.15) is 11.6 Å². The molecule has 41 heavy (non-hydrogen) atoms. The van der Waals surface area contributed by atoms with Crippen molar-refractivity contribution >= 4 is 32.6 Å². The van der Waals surface area contributed by atoms with E-state index in [-0.39, 0.29) is 29.4 Å². The number of anilines is 1. The number of carbonyl (C=O) groups is 1. The summed E-state index contributed by atoms with van der Waals surface area (Å²) in [6.45, 7) is 3.66. The van der Waals surface area contributed by atoms with Crippen molar-refractivity contribution in [1.29, 1.82) is 0 Å². The predicted molar refractivity (Wildman–Crippen MR) is 149 cm³/mol. The zero-order chi connectivity index (χ0) is 29.6. The number of esters is 1. The van der Waals surface area contributed by atoms with E-state index in [9.17, 15) is 26.4 Å². The third-order valence-electron chi connectivity index (χ3n) is 6.33. The summed E-state index contributed by atoms with van der Waals surface area (Å²) in [6.07, 6.45) is -1.03. The molecule has 1 heterocycles. The van der Waals surface area contributed by atoms with Crippen LogP contribution in [-0.4, -0.2) is 32.3 Å². The molecule has 1 aromatic heterocycles. The number of rotatable bonds is 11. The Morgan fingerprint density at radius 3 is 2.27 bits per heavy atom. The van der Waals surface area contributed by atoms with E-state index in [0.29, 0.717) is 12.0 Å². The maximum atomic E-state index is 14.2. The van der Waals surface area contributed by atoms with Gasteiger partial charge in [-0.25, -0.2) is 22.5 Å². The Labute approximate surface area is 236 Å². The summed E-state index contributed by atoms with van der Waals surface area (Å²) in [4.78, 5) is 16.6. The highest BCUT2D eigenvalue weighted by Crippen LogP contribution is 2.33. The highest BCUT2D eigenvalue weighted by atomic mass is 32.2. The molecule has 0 unspecified atom stereocenters. The van der Waals surface area contributed by atoms with E-state index in [2.05, 4.69) is 9.72 Å². The van der Waals surface area contributed by atoms with E-state index in [1.165, 1.54) is 36.4 Å². The number of carbonyl (C=O) groups excluding carboxylic acids is 1. The number of aryl methyl sites for hydroxylation is 1. The number of alkyl halides is 3. The molecule has 4 aromatic rings. The summed E-state index contributed by atoms with van der Waals surface area (Å²) in [5, 5.41) is 1.71. The van der Waals surface area contributed by atoms with Crippen molar-refractivity contribution in [2.45, 2.75) is 50.9 Å². The third kappa shape index (κ3) is 7.15. The summed E-state index contributed by atoms with van der Waals surface area (Å²) in [5.41, 5.74) is 1.36. The summed E-state index contributed by atoms with van der Waals surface area (Å²) < 4.78 is 76.4. The van der Waals surface area contributed by atoms with Crippen molar-refractivity contribution in [2.75, 3.05) is 10.9 Å². The van der Waals surface area contributed by atoms with Crippen molar-refractivity contribution in [3.8, 4) is 5.75 Å². The minimum atomic E-state index is -4.85. The van der Waals surface area contributed by atoms with Gasteiger partial charge in [-0.2, -0.15) is 0 Å². The molecule has 11 heteroatoms. The van der Waals surface area contributed by atoms with Crippen molar-refractivity contribution in [1.82, 2.24) is 4.98 Å². The van der Waals surface area contributed by atoms with Crippen LogP contribution in [0.25, 0.3) is 10.8 Å². The molecule has 0 amide bonds. The number of halogens is 3. The molecular weight excluding hydrogens is 557 g/mol. The molecule has 0 bridgehead atoms. The lowest BCUT2D eigenvalue weighted by atomic mass is 10.0. The van der Waals surface area contributed by atoms with E-state index >= 15 is 0 Å². The number of unbranched alkanes of at least 4 members (excludes halogenated alkanes) is 1. The maximum Gasteiger partial charge on any atom is 0.573 e. The molecule has 4 rings (SSSR count). The molecular formula is C30H29F3N2O5S. The van der Waals surface area contributed by atoms with Crippen molar-refractivity contribution < 1.29 is 35.9 Å². The molecule has 0 saturated carbocycles. The fourth-order valence-electron chi connectivity index (χ4n) is 4.37. The molecule has 0 aliphatic heterocycles. The van der Waals surface area contributed by atoms with E-state index < -0.39 is 28.1 Å². The zero-order valence-corrected chi connectivity index (χ0v) is 23.3. The highest BCUT2D eigenvalue weighted by Gasteiger charge is 2.32. The molecule has 3 aromatic carbocycles. The molecule has 0 atom stereocenters. The lowest BCUT2D eigenvalue weighted by Crippen LogP contribution is -2.32. The smallest absolute Gasteiger partial charge is 0.462 e. The van der Waals surface area contributed by atoms with Gasteiger partial charge in [0.25, 0.3) is 10.0 Å². The van der Waals surface area contributed by atoms with E-state index in [4.69, 9.17) is 4.74 Å². The Bertz CT molecular complexity index is 1610. The first-order valence-electron chi connectivity index (χ1n) is 13.0. The summed E-state index contributed by atoms with van der Waals surface area (Å²) in [5.74, 6) is -0.771. The second-order valence-corrected chi connectivity index (χ2v) is 11.1. The van der Waals surface area contributed by atoms with Gasteiger partial charge in [-0.3, -0.25) is 0 Å². The topological polar surface area (TPSA) is 85.8 Å². The molecule has 0 saturated heterocycles. The first kappa shape index (κ1) is 29.9. The first-order valence-corrected chi connectivity index (χ1v) is 14.5. The largest absolute Gasteiger partial charge is 0.573 e. The van der Waals surface area contributed by atoms with Crippen LogP contribution in [0, 0.1) is 0 Å². The normalized spacial score (nSPS) is 11.8. The zero-order valence-electron chi connectivity index (χ0n) is 22.5. The molecule has 0 radical (unpaired) electrons. The number of sulfonamides is 1. The van der Waals surface area contributed by atoms with E-state index in [1.807, 2.05) is 31.2 Å². The first-order chi connectivity index (χ1) is 19.5. The summed E-state index contributed by atoms with van der Waals surface area (Å²) in [7, 11) is -4.25. The summed E-state index contributed by atoms with van der Waals surface area (Å²) >= 11 is 0. The number of ether oxygens (including phenoxy) is 2. The van der Waals surface area contributed by atoms with Crippen LogP contribution in [0.5, 0.6) is 5.75 Å². The van der Waals surface area contributed by atoms with Gasteiger partial charge in [-0.15, -0.1) is 13.2 Å². The Kier molecular flexibility index (Phi) is 9.17. The van der Waals surface area contributed by atoms with Crippen LogP contribution in [0.3, 0.4) is 0 Å².